The Morgan fingerprint density at radius 1 is 1.15 bits per heavy atom. The predicted octanol–water partition coefficient (Wildman–Crippen LogP) is 2.84. The third-order valence-electron chi connectivity index (χ3n) is 3.36. The quantitative estimate of drug-likeness (QED) is 0.791. The molecule has 0 heterocycles. The van der Waals surface area contributed by atoms with Crippen LogP contribution in [0.25, 0.3) is 0 Å². The van der Waals surface area contributed by atoms with Crippen molar-refractivity contribution >= 4 is 5.69 Å². The van der Waals surface area contributed by atoms with Crippen LogP contribution in [0, 0.1) is 17.5 Å². The molecule has 3 nitrogen and oxygen atoms in total. The highest BCUT2D eigenvalue weighted by atomic mass is 19.2. The molecule has 1 aromatic carbocycles. The summed E-state index contributed by atoms with van der Waals surface area (Å²) in [6.07, 6.45) is 3.63. The molecule has 112 valence electrons. The maximum atomic E-state index is 13.3. The number of anilines is 1. The Kier molecular flexibility index (Phi) is 5.25. The second-order valence-corrected chi connectivity index (χ2v) is 5.02. The first-order valence-electron chi connectivity index (χ1n) is 6.74. The molecule has 1 aliphatic rings. The Balaban J connectivity index is 1.77. The van der Waals surface area contributed by atoms with Crippen molar-refractivity contribution in [2.45, 2.75) is 37.9 Å². The van der Waals surface area contributed by atoms with Gasteiger partial charge in [-0.05, 0) is 12.8 Å². The Morgan fingerprint density at radius 3 is 2.50 bits per heavy atom. The van der Waals surface area contributed by atoms with Gasteiger partial charge >= 0.3 is 0 Å². The molecule has 0 bridgehead atoms. The van der Waals surface area contributed by atoms with Crippen LogP contribution < -0.4 is 5.32 Å². The number of aliphatic hydroxyl groups is 1. The summed E-state index contributed by atoms with van der Waals surface area (Å²) in [7, 11) is 0. The van der Waals surface area contributed by atoms with E-state index in [2.05, 4.69) is 5.32 Å². The van der Waals surface area contributed by atoms with E-state index in [1.165, 1.54) is 0 Å². The highest BCUT2D eigenvalue weighted by Gasteiger charge is 2.17. The Morgan fingerprint density at radius 2 is 1.80 bits per heavy atom. The van der Waals surface area contributed by atoms with Gasteiger partial charge in [0.2, 0.25) is 0 Å². The molecule has 0 saturated heterocycles. The van der Waals surface area contributed by atoms with Crippen molar-refractivity contribution in [3.05, 3.63) is 29.6 Å². The maximum absolute atomic E-state index is 13.3. The molecule has 2 N–H and O–H groups in total. The third kappa shape index (κ3) is 4.11. The van der Waals surface area contributed by atoms with Gasteiger partial charge in [-0.2, -0.15) is 0 Å². The van der Waals surface area contributed by atoms with Gasteiger partial charge in [-0.1, -0.05) is 12.8 Å². The van der Waals surface area contributed by atoms with E-state index >= 15 is 0 Å². The predicted molar refractivity (Wildman–Crippen MR) is 69.0 cm³/mol. The molecule has 0 amide bonds. The van der Waals surface area contributed by atoms with Gasteiger partial charge in [0.25, 0.3) is 0 Å². The Bertz CT molecular complexity index is 450. The molecule has 1 atom stereocenters. The van der Waals surface area contributed by atoms with Crippen molar-refractivity contribution in [2.24, 2.45) is 0 Å². The smallest absolute Gasteiger partial charge is 0.161 e. The number of aliphatic hydroxyl groups excluding tert-OH is 1. The number of hydrogen-bond acceptors (Lipinski definition) is 3. The molecule has 0 spiro atoms. The van der Waals surface area contributed by atoms with Crippen LogP contribution in [0.4, 0.5) is 18.9 Å². The number of rotatable bonds is 6. The van der Waals surface area contributed by atoms with Gasteiger partial charge in [0, 0.05) is 18.7 Å². The van der Waals surface area contributed by atoms with Gasteiger partial charge < -0.3 is 15.2 Å². The van der Waals surface area contributed by atoms with E-state index in [9.17, 15) is 18.3 Å². The van der Waals surface area contributed by atoms with Crippen molar-refractivity contribution in [3.8, 4) is 0 Å². The van der Waals surface area contributed by atoms with Crippen molar-refractivity contribution in [3.63, 3.8) is 0 Å². The monoisotopic (exact) mass is 289 g/mol. The third-order valence-corrected chi connectivity index (χ3v) is 3.36. The van der Waals surface area contributed by atoms with Crippen LogP contribution in [0.2, 0.25) is 0 Å². The minimum absolute atomic E-state index is 0.00864. The van der Waals surface area contributed by atoms with E-state index in [0.29, 0.717) is 6.07 Å². The molecule has 1 unspecified atom stereocenters. The summed E-state index contributed by atoms with van der Waals surface area (Å²) in [6, 6.07) is 1.20. The fourth-order valence-electron chi connectivity index (χ4n) is 2.25. The van der Waals surface area contributed by atoms with Crippen LogP contribution in [0.3, 0.4) is 0 Å². The molecule has 0 aromatic heterocycles. The zero-order chi connectivity index (χ0) is 14.5. The minimum Gasteiger partial charge on any atom is -0.389 e. The largest absolute Gasteiger partial charge is 0.389 e. The zero-order valence-corrected chi connectivity index (χ0v) is 11.0. The summed E-state index contributed by atoms with van der Waals surface area (Å²) in [6.45, 7) is 0.150. The topological polar surface area (TPSA) is 41.5 Å². The highest BCUT2D eigenvalue weighted by molar-refractivity contribution is 5.45. The van der Waals surface area contributed by atoms with Crippen molar-refractivity contribution in [2.75, 3.05) is 18.5 Å². The molecule has 20 heavy (non-hydrogen) atoms. The van der Waals surface area contributed by atoms with Crippen LogP contribution in [-0.2, 0) is 4.74 Å². The summed E-state index contributed by atoms with van der Waals surface area (Å²) in [4.78, 5) is 0. The molecule has 6 heteroatoms. The van der Waals surface area contributed by atoms with Crippen LogP contribution in [0.5, 0.6) is 0 Å². The first kappa shape index (κ1) is 15.1. The second kappa shape index (κ2) is 6.95. The molecule has 1 saturated carbocycles. The van der Waals surface area contributed by atoms with E-state index in [-0.39, 0.29) is 24.9 Å². The second-order valence-electron chi connectivity index (χ2n) is 5.02. The van der Waals surface area contributed by atoms with Gasteiger partial charge in [0.1, 0.15) is 5.82 Å². The first-order valence-corrected chi connectivity index (χ1v) is 6.74. The van der Waals surface area contributed by atoms with E-state index < -0.39 is 23.6 Å². The lowest BCUT2D eigenvalue weighted by molar-refractivity contribution is -0.00119. The van der Waals surface area contributed by atoms with E-state index in [1.807, 2.05) is 0 Å². The van der Waals surface area contributed by atoms with E-state index in [0.717, 1.165) is 31.7 Å². The molecule has 1 fully saturated rings. The number of halogens is 3. The van der Waals surface area contributed by atoms with Crippen molar-refractivity contribution < 1.29 is 23.0 Å². The number of benzene rings is 1. The van der Waals surface area contributed by atoms with Gasteiger partial charge in [-0.25, -0.2) is 13.2 Å². The molecule has 0 aliphatic heterocycles. The van der Waals surface area contributed by atoms with E-state index in [1.54, 1.807) is 0 Å². The Hall–Kier alpha value is -1.27. The average Bonchev–Trinajstić information content (AvgIpc) is 2.92. The van der Waals surface area contributed by atoms with Crippen molar-refractivity contribution in [1.82, 2.24) is 0 Å². The van der Waals surface area contributed by atoms with Crippen LogP contribution >= 0.6 is 0 Å². The average molecular weight is 289 g/mol. The molecule has 1 aliphatic carbocycles. The van der Waals surface area contributed by atoms with Crippen molar-refractivity contribution in [1.29, 1.82) is 0 Å². The lowest BCUT2D eigenvalue weighted by Crippen LogP contribution is -2.27. The lowest BCUT2D eigenvalue weighted by Gasteiger charge is -2.16. The molecule has 2 rings (SSSR count). The van der Waals surface area contributed by atoms with Crippen LogP contribution in [0.1, 0.15) is 25.7 Å². The number of nitrogens with one attached hydrogen (secondary N) is 1. The maximum Gasteiger partial charge on any atom is 0.161 e. The molecule has 0 radical (unpaired) electrons. The van der Waals surface area contributed by atoms with E-state index in [4.69, 9.17) is 4.74 Å². The standard InChI is InChI=1S/C14H18F3NO2/c15-11-5-13(17)14(6-12(11)16)18-7-9(19)8-20-10-3-1-2-4-10/h5-6,9-10,18-19H,1-4,7-8H2. The molecular weight excluding hydrogens is 271 g/mol. The molecule has 1 aromatic rings. The summed E-state index contributed by atoms with van der Waals surface area (Å²) in [5, 5.41) is 12.3. The fourth-order valence-corrected chi connectivity index (χ4v) is 2.25. The summed E-state index contributed by atoms with van der Waals surface area (Å²) in [5.74, 6) is -3.27. The van der Waals surface area contributed by atoms with Gasteiger partial charge in [-0.15, -0.1) is 0 Å². The molecular formula is C14H18F3NO2. The minimum atomic E-state index is -1.24. The van der Waals surface area contributed by atoms with Crippen LogP contribution in [-0.4, -0.2) is 30.5 Å². The highest BCUT2D eigenvalue weighted by Crippen LogP contribution is 2.21. The number of hydrogen-bond donors (Lipinski definition) is 2. The summed E-state index contributed by atoms with van der Waals surface area (Å²) < 4.78 is 44.5. The summed E-state index contributed by atoms with van der Waals surface area (Å²) >= 11 is 0. The normalized spacial score (nSPS) is 17.4. The lowest BCUT2D eigenvalue weighted by atomic mass is 10.2. The summed E-state index contributed by atoms with van der Waals surface area (Å²) in [5.41, 5.74) is -0.177. The van der Waals surface area contributed by atoms with Crippen LogP contribution in [0.15, 0.2) is 12.1 Å². The van der Waals surface area contributed by atoms with Gasteiger partial charge in [-0.3, -0.25) is 0 Å². The van der Waals surface area contributed by atoms with Gasteiger partial charge in [0.05, 0.1) is 24.5 Å². The Labute approximate surface area is 115 Å². The first-order chi connectivity index (χ1) is 9.56. The SMILES string of the molecule is OC(CNc1cc(F)c(F)cc1F)COC1CCCC1. The zero-order valence-electron chi connectivity index (χ0n) is 11.0. The number of ether oxygens (including phenoxy) is 1. The fraction of sp³-hybridized carbons (Fsp3) is 0.571. The van der Waals surface area contributed by atoms with Gasteiger partial charge in [0.15, 0.2) is 11.6 Å².